The standard InChI is InChI=1S/C14H19N3OS2/c15-13(19)11-1-3-12(4-2-11)14(18)16-5-6-17-7-9-20-10-8-17/h1-4H,5-10H2,(H2,15,19)(H,16,18). The van der Waals surface area contributed by atoms with Crippen molar-refractivity contribution in [2.24, 2.45) is 5.73 Å². The molecule has 0 aromatic heterocycles. The Hall–Kier alpha value is -1.11. The van der Waals surface area contributed by atoms with Gasteiger partial charge < -0.3 is 11.1 Å². The maximum Gasteiger partial charge on any atom is 0.251 e. The molecule has 1 aromatic carbocycles. The van der Waals surface area contributed by atoms with Crippen LogP contribution in [-0.2, 0) is 0 Å². The number of nitrogens with two attached hydrogens (primary N) is 1. The summed E-state index contributed by atoms with van der Waals surface area (Å²) in [7, 11) is 0. The van der Waals surface area contributed by atoms with Gasteiger partial charge >= 0.3 is 0 Å². The van der Waals surface area contributed by atoms with Crippen LogP contribution in [0.5, 0.6) is 0 Å². The lowest BCUT2D eigenvalue weighted by Crippen LogP contribution is -2.39. The van der Waals surface area contributed by atoms with Crippen molar-refractivity contribution >= 4 is 34.9 Å². The summed E-state index contributed by atoms with van der Waals surface area (Å²) in [5.41, 5.74) is 6.94. The van der Waals surface area contributed by atoms with Gasteiger partial charge in [0.25, 0.3) is 5.91 Å². The predicted molar refractivity (Wildman–Crippen MR) is 88.4 cm³/mol. The van der Waals surface area contributed by atoms with Crippen LogP contribution in [0.1, 0.15) is 15.9 Å². The summed E-state index contributed by atoms with van der Waals surface area (Å²) >= 11 is 6.87. The van der Waals surface area contributed by atoms with Crippen LogP contribution in [0.15, 0.2) is 24.3 Å². The Labute approximate surface area is 129 Å². The monoisotopic (exact) mass is 309 g/mol. The lowest BCUT2D eigenvalue weighted by molar-refractivity contribution is 0.0949. The van der Waals surface area contributed by atoms with E-state index in [0.29, 0.717) is 17.1 Å². The molecule has 0 spiro atoms. The zero-order valence-electron chi connectivity index (χ0n) is 11.3. The molecule has 1 heterocycles. The van der Waals surface area contributed by atoms with E-state index in [2.05, 4.69) is 10.2 Å². The summed E-state index contributed by atoms with van der Waals surface area (Å²) < 4.78 is 0. The Morgan fingerprint density at radius 1 is 1.25 bits per heavy atom. The van der Waals surface area contributed by atoms with E-state index in [0.717, 1.165) is 25.2 Å². The van der Waals surface area contributed by atoms with Gasteiger partial charge in [-0.25, -0.2) is 0 Å². The summed E-state index contributed by atoms with van der Waals surface area (Å²) in [6.07, 6.45) is 0. The van der Waals surface area contributed by atoms with Gasteiger partial charge in [0.15, 0.2) is 0 Å². The van der Waals surface area contributed by atoms with Crippen molar-refractivity contribution in [2.45, 2.75) is 0 Å². The molecule has 1 aliphatic rings. The lowest BCUT2D eigenvalue weighted by atomic mass is 10.1. The van der Waals surface area contributed by atoms with Gasteiger partial charge in [-0.3, -0.25) is 9.69 Å². The van der Waals surface area contributed by atoms with Crippen LogP contribution in [0.2, 0.25) is 0 Å². The third-order valence-corrected chi connectivity index (χ3v) is 4.43. The Morgan fingerprint density at radius 2 is 1.85 bits per heavy atom. The second-order valence-corrected chi connectivity index (χ2v) is 6.32. The van der Waals surface area contributed by atoms with E-state index < -0.39 is 0 Å². The van der Waals surface area contributed by atoms with Gasteiger partial charge in [-0.05, 0) is 12.1 Å². The minimum absolute atomic E-state index is 0.0501. The molecule has 2 rings (SSSR count). The predicted octanol–water partition coefficient (Wildman–Crippen LogP) is 1.10. The molecule has 20 heavy (non-hydrogen) atoms. The second kappa shape index (κ2) is 7.61. The van der Waals surface area contributed by atoms with E-state index in [9.17, 15) is 4.79 Å². The Morgan fingerprint density at radius 3 is 2.45 bits per heavy atom. The summed E-state index contributed by atoms with van der Waals surface area (Å²) in [6, 6.07) is 7.06. The maximum absolute atomic E-state index is 12.0. The van der Waals surface area contributed by atoms with Crippen LogP contribution >= 0.6 is 24.0 Å². The quantitative estimate of drug-likeness (QED) is 0.798. The van der Waals surface area contributed by atoms with Gasteiger partial charge in [-0.15, -0.1) is 0 Å². The molecule has 0 aliphatic carbocycles. The summed E-state index contributed by atoms with van der Waals surface area (Å²) in [4.78, 5) is 14.7. The number of carbonyl (C=O) groups excluding carboxylic acids is 1. The van der Waals surface area contributed by atoms with Crippen LogP contribution < -0.4 is 11.1 Å². The zero-order valence-corrected chi connectivity index (χ0v) is 12.9. The van der Waals surface area contributed by atoms with Gasteiger partial charge in [0, 0.05) is 48.8 Å². The first-order valence-corrected chi connectivity index (χ1v) is 8.21. The molecule has 1 aliphatic heterocycles. The minimum atomic E-state index is -0.0501. The SMILES string of the molecule is NC(=S)c1ccc(C(=O)NCCN2CCSCC2)cc1. The highest BCUT2D eigenvalue weighted by Crippen LogP contribution is 2.08. The fourth-order valence-electron chi connectivity index (χ4n) is 2.04. The van der Waals surface area contributed by atoms with Crippen LogP contribution in [0, 0.1) is 0 Å². The molecule has 0 unspecified atom stereocenters. The number of carbonyl (C=O) groups is 1. The number of thiocarbonyl (C=S) groups is 1. The van der Waals surface area contributed by atoms with Gasteiger partial charge in [0.1, 0.15) is 4.99 Å². The van der Waals surface area contributed by atoms with Crippen LogP contribution in [0.3, 0.4) is 0 Å². The lowest BCUT2D eigenvalue weighted by Gasteiger charge is -2.25. The van der Waals surface area contributed by atoms with E-state index in [1.54, 1.807) is 24.3 Å². The van der Waals surface area contributed by atoms with Crippen molar-refractivity contribution in [1.29, 1.82) is 0 Å². The smallest absolute Gasteiger partial charge is 0.251 e. The van der Waals surface area contributed by atoms with Crippen molar-refractivity contribution in [3.8, 4) is 0 Å². The number of nitrogens with zero attached hydrogens (tertiary/aromatic N) is 1. The number of benzene rings is 1. The molecule has 1 fully saturated rings. The summed E-state index contributed by atoms with van der Waals surface area (Å²) in [5, 5.41) is 2.94. The Kier molecular flexibility index (Phi) is 5.82. The maximum atomic E-state index is 12.0. The van der Waals surface area contributed by atoms with E-state index in [-0.39, 0.29) is 5.91 Å². The summed E-state index contributed by atoms with van der Waals surface area (Å²) in [6.45, 7) is 3.82. The van der Waals surface area contributed by atoms with Crippen molar-refractivity contribution in [1.82, 2.24) is 10.2 Å². The molecule has 3 N–H and O–H groups in total. The highest BCUT2D eigenvalue weighted by molar-refractivity contribution is 7.99. The first-order chi connectivity index (χ1) is 9.66. The zero-order chi connectivity index (χ0) is 14.4. The van der Waals surface area contributed by atoms with Gasteiger partial charge in [0.05, 0.1) is 0 Å². The fraction of sp³-hybridized carbons (Fsp3) is 0.429. The number of nitrogens with one attached hydrogen (secondary N) is 1. The number of rotatable bonds is 5. The third kappa shape index (κ3) is 4.47. The van der Waals surface area contributed by atoms with Gasteiger partial charge in [-0.1, -0.05) is 24.4 Å². The first-order valence-electron chi connectivity index (χ1n) is 6.65. The fourth-order valence-corrected chi connectivity index (χ4v) is 3.16. The Bertz CT molecular complexity index is 470. The van der Waals surface area contributed by atoms with E-state index >= 15 is 0 Å². The van der Waals surface area contributed by atoms with E-state index in [4.69, 9.17) is 18.0 Å². The normalized spacial score (nSPS) is 15.8. The van der Waals surface area contributed by atoms with Crippen LogP contribution in [0.4, 0.5) is 0 Å². The van der Waals surface area contributed by atoms with Crippen molar-refractivity contribution in [2.75, 3.05) is 37.7 Å². The second-order valence-electron chi connectivity index (χ2n) is 4.65. The van der Waals surface area contributed by atoms with Gasteiger partial charge in [-0.2, -0.15) is 11.8 Å². The highest BCUT2D eigenvalue weighted by atomic mass is 32.2. The minimum Gasteiger partial charge on any atom is -0.389 e. The third-order valence-electron chi connectivity index (χ3n) is 3.25. The largest absolute Gasteiger partial charge is 0.389 e. The molecule has 6 heteroatoms. The number of hydrogen-bond donors (Lipinski definition) is 2. The number of thioether (sulfide) groups is 1. The topological polar surface area (TPSA) is 58.4 Å². The highest BCUT2D eigenvalue weighted by Gasteiger charge is 2.11. The van der Waals surface area contributed by atoms with Crippen molar-refractivity contribution in [3.05, 3.63) is 35.4 Å². The van der Waals surface area contributed by atoms with Crippen LogP contribution in [0.25, 0.3) is 0 Å². The molecular formula is C14H19N3OS2. The van der Waals surface area contributed by atoms with Crippen molar-refractivity contribution < 1.29 is 4.79 Å². The van der Waals surface area contributed by atoms with E-state index in [1.165, 1.54) is 11.5 Å². The molecule has 0 saturated carbocycles. The molecule has 1 aromatic rings. The molecule has 0 radical (unpaired) electrons. The molecule has 0 bridgehead atoms. The number of hydrogen-bond acceptors (Lipinski definition) is 4. The van der Waals surface area contributed by atoms with Gasteiger partial charge in [0.2, 0.25) is 0 Å². The molecule has 108 valence electrons. The van der Waals surface area contributed by atoms with E-state index in [1.807, 2.05) is 11.8 Å². The first kappa shape index (κ1) is 15.3. The molecule has 4 nitrogen and oxygen atoms in total. The molecular weight excluding hydrogens is 290 g/mol. The number of amides is 1. The molecule has 0 atom stereocenters. The van der Waals surface area contributed by atoms with Crippen LogP contribution in [-0.4, -0.2) is 53.5 Å². The summed E-state index contributed by atoms with van der Waals surface area (Å²) in [5.74, 6) is 2.33. The van der Waals surface area contributed by atoms with Crippen molar-refractivity contribution in [3.63, 3.8) is 0 Å². The molecule has 1 amide bonds. The average Bonchev–Trinajstić information content (AvgIpc) is 2.48. The Balaban J connectivity index is 1.77. The average molecular weight is 309 g/mol. The molecule has 1 saturated heterocycles.